The van der Waals surface area contributed by atoms with Gasteiger partial charge in [0.15, 0.2) is 0 Å². The molecule has 12 heavy (non-hydrogen) atoms. The highest BCUT2D eigenvalue weighted by Gasteiger charge is 1.98. The van der Waals surface area contributed by atoms with E-state index >= 15 is 0 Å². The Kier molecular flexibility index (Phi) is 2.92. The summed E-state index contributed by atoms with van der Waals surface area (Å²) in [4.78, 5) is 2.12. The average molecular weight is 161 g/mol. The highest BCUT2D eigenvalue weighted by Crippen LogP contribution is 2.18. The first-order chi connectivity index (χ1) is 5.75. The van der Waals surface area contributed by atoms with E-state index in [0.29, 0.717) is 0 Å². The van der Waals surface area contributed by atoms with Crippen LogP contribution in [0.25, 0.3) is 6.08 Å². The number of hydrogen-bond donors (Lipinski definition) is 0. The fourth-order valence-electron chi connectivity index (χ4n) is 1.22. The predicted octanol–water partition coefficient (Wildman–Crippen LogP) is 2.79. The van der Waals surface area contributed by atoms with Crippen LogP contribution in [0.5, 0.6) is 0 Å². The van der Waals surface area contributed by atoms with Gasteiger partial charge in [0, 0.05) is 19.8 Å². The Morgan fingerprint density at radius 3 is 2.42 bits per heavy atom. The molecular formula is C11H15N. The van der Waals surface area contributed by atoms with Crippen molar-refractivity contribution in [2.24, 2.45) is 0 Å². The lowest BCUT2D eigenvalue weighted by atomic mass is 10.1. The largest absolute Gasteiger partial charge is 0.377 e. The van der Waals surface area contributed by atoms with Crippen LogP contribution >= 0.6 is 0 Å². The molecule has 1 aromatic carbocycles. The maximum atomic E-state index is 2.12. The summed E-state index contributed by atoms with van der Waals surface area (Å²) in [7, 11) is 4.12. The van der Waals surface area contributed by atoms with Crippen LogP contribution in [0.15, 0.2) is 30.3 Å². The summed E-state index contributed by atoms with van der Waals surface area (Å²) < 4.78 is 0. The van der Waals surface area contributed by atoms with Crippen LogP contribution < -0.4 is 4.90 Å². The zero-order chi connectivity index (χ0) is 8.97. The minimum Gasteiger partial charge on any atom is -0.377 e. The summed E-state index contributed by atoms with van der Waals surface area (Å²) in [6.45, 7) is 2.03. The number of para-hydroxylation sites is 1. The molecular weight excluding hydrogens is 146 g/mol. The van der Waals surface area contributed by atoms with Gasteiger partial charge in [0.2, 0.25) is 0 Å². The van der Waals surface area contributed by atoms with Gasteiger partial charge in [-0.2, -0.15) is 0 Å². The van der Waals surface area contributed by atoms with E-state index in [-0.39, 0.29) is 0 Å². The molecule has 0 aliphatic rings. The Labute approximate surface area is 74.3 Å². The van der Waals surface area contributed by atoms with E-state index in [2.05, 4.69) is 55.4 Å². The summed E-state index contributed by atoms with van der Waals surface area (Å²) in [6, 6.07) is 8.36. The third-order valence-electron chi connectivity index (χ3n) is 1.76. The zero-order valence-corrected chi connectivity index (χ0v) is 7.91. The maximum Gasteiger partial charge on any atom is 0.0434 e. The summed E-state index contributed by atoms with van der Waals surface area (Å²) in [5.74, 6) is 0. The Morgan fingerprint density at radius 2 is 1.83 bits per heavy atom. The minimum atomic E-state index is 1.26. The Bertz CT molecular complexity index is 274. The van der Waals surface area contributed by atoms with Gasteiger partial charge in [-0.3, -0.25) is 0 Å². The molecule has 0 fully saturated rings. The number of nitrogens with zero attached hydrogens (tertiary/aromatic N) is 1. The Hall–Kier alpha value is -1.24. The second-order valence-electron chi connectivity index (χ2n) is 2.95. The SMILES string of the molecule is C/C=C\c1ccccc1N(C)C. The second-order valence-corrected chi connectivity index (χ2v) is 2.95. The van der Waals surface area contributed by atoms with E-state index in [1.54, 1.807) is 0 Å². The van der Waals surface area contributed by atoms with E-state index in [9.17, 15) is 0 Å². The van der Waals surface area contributed by atoms with Crippen molar-refractivity contribution >= 4 is 11.8 Å². The molecule has 1 heteroatoms. The molecule has 0 spiro atoms. The summed E-state index contributed by atoms with van der Waals surface area (Å²) in [6.07, 6.45) is 4.18. The highest BCUT2D eigenvalue weighted by molar-refractivity contribution is 5.66. The van der Waals surface area contributed by atoms with Crippen LogP contribution in [0.3, 0.4) is 0 Å². The van der Waals surface area contributed by atoms with Crippen LogP contribution in [0, 0.1) is 0 Å². The van der Waals surface area contributed by atoms with Gasteiger partial charge >= 0.3 is 0 Å². The number of rotatable bonds is 2. The standard InChI is InChI=1S/C11H15N/c1-4-7-10-8-5-6-9-11(10)12(2)3/h4-9H,1-3H3/b7-4-. The zero-order valence-electron chi connectivity index (χ0n) is 7.91. The van der Waals surface area contributed by atoms with Gasteiger partial charge < -0.3 is 4.90 Å². The quantitative estimate of drug-likeness (QED) is 0.644. The van der Waals surface area contributed by atoms with Crippen LogP contribution in [-0.4, -0.2) is 14.1 Å². The molecule has 0 aliphatic heterocycles. The molecule has 0 amide bonds. The van der Waals surface area contributed by atoms with Crippen molar-refractivity contribution in [3.8, 4) is 0 Å². The van der Waals surface area contributed by atoms with Gasteiger partial charge in [0.05, 0.1) is 0 Å². The van der Waals surface area contributed by atoms with Gasteiger partial charge in [-0.1, -0.05) is 30.4 Å². The first kappa shape index (κ1) is 8.85. The number of anilines is 1. The van der Waals surface area contributed by atoms with Crippen molar-refractivity contribution in [3.63, 3.8) is 0 Å². The Balaban J connectivity index is 3.08. The van der Waals surface area contributed by atoms with E-state index in [0.717, 1.165) is 0 Å². The highest BCUT2D eigenvalue weighted by atomic mass is 15.1. The lowest BCUT2D eigenvalue weighted by molar-refractivity contribution is 1.13. The molecule has 1 nitrogen and oxygen atoms in total. The lowest BCUT2D eigenvalue weighted by Crippen LogP contribution is -2.09. The summed E-state index contributed by atoms with van der Waals surface area (Å²) in [5, 5.41) is 0. The second kappa shape index (κ2) is 3.96. The van der Waals surface area contributed by atoms with Crippen molar-refractivity contribution in [2.45, 2.75) is 6.92 Å². The van der Waals surface area contributed by atoms with E-state index in [1.807, 2.05) is 6.92 Å². The van der Waals surface area contributed by atoms with E-state index < -0.39 is 0 Å². The normalized spacial score (nSPS) is 10.6. The first-order valence-corrected chi connectivity index (χ1v) is 4.14. The van der Waals surface area contributed by atoms with Gasteiger partial charge in [0.25, 0.3) is 0 Å². The molecule has 0 unspecified atom stereocenters. The molecule has 0 aliphatic carbocycles. The molecule has 0 atom stereocenters. The molecule has 0 saturated heterocycles. The molecule has 1 rings (SSSR count). The summed E-state index contributed by atoms with van der Waals surface area (Å²) in [5.41, 5.74) is 2.53. The van der Waals surface area contributed by atoms with E-state index in [4.69, 9.17) is 0 Å². The fourth-order valence-corrected chi connectivity index (χ4v) is 1.22. The molecule has 64 valence electrons. The van der Waals surface area contributed by atoms with Crippen molar-refractivity contribution < 1.29 is 0 Å². The van der Waals surface area contributed by atoms with Gasteiger partial charge in [-0.15, -0.1) is 0 Å². The van der Waals surface area contributed by atoms with Gasteiger partial charge in [-0.25, -0.2) is 0 Å². The topological polar surface area (TPSA) is 3.24 Å². The smallest absolute Gasteiger partial charge is 0.0434 e. The van der Waals surface area contributed by atoms with Crippen molar-refractivity contribution in [3.05, 3.63) is 35.9 Å². The van der Waals surface area contributed by atoms with Crippen LogP contribution in [0.1, 0.15) is 12.5 Å². The molecule has 0 aromatic heterocycles. The average Bonchev–Trinajstić information content (AvgIpc) is 2.05. The van der Waals surface area contributed by atoms with Crippen LogP contribution in [0.2, 0.25) is 0 Å². The van der Waals surface area contributed by atoms with Crippen LogP contribution in [-0.2, 0) is 0 Å². The van der Waals surface area contributed by atoms with Crippen molar-refractivity contribution in [1.29, 1.82) is 0 Å². The number of allylic oxidation sites excluding steroid dienone is 1. The molecule has 0 saturated carbocycles. The van der Waals surface area contributed by atoms with Gasteiger partial charge in [-0.05, 0) is 18.6 Å². The van der Waals surface area contributed by atoms with Crippen molar-refractivity contribution in [2.75, 3.05) is 19.0 Å². The first-order valence-electron chi connectivity index (χ1n) is 4.14. The summed E-state index contributed by atoms with van der Waals surface area (Å²) >= 11 is 0. The van der Waals surface area contributed by atoms with E-state index in [1.165, 1.54) is 11.3 Å². The third-order valence-corrected chi connectivity index (χ3v) is 1.76. The number of benzene rings is 1. The molecule has 0 N–H and O–H groups in total. The number of hydrogen-bond acceptors (Lipinski definition) is 1. The molecule has 1 aromatic rings. The monoisotopic (exact) mass is 161 g/mol. The minimum absolute atomic E-state index is 1.26. The maximum absolute atomic E-state index is 2.12. The molecule has 0 bridgehead atoms. The van der Waals surface area contributed by atoms with Crippen molar-refractivity contribution in [1.82, 2.24) is 0 Å². The predicted molar refractivity (Wildman–Crippen MR) is 55.5 cm³/mol. The molecule has 0 radical (unpaired) electrons. The van der Waals surface area contributed by atoms with Crippen LogP contribution in [0.4, 0.5) is 5.69 Å². The fraction of sp³-hybridized carbons (Fsp3) is 0.273. The van der Waals surface area contributed by atoms with Gasteiger partial charge in [0.1, 0.15) is 0 Å². The Morgan fingerprint density at radius 1 is 1.17 bits per heavy atom. The lowest BCUT2D eigenvalue weighted by Gasteiger charge is -2.14. The molecule has 0 heterocycles. The third kappa shape index (κ3) is 1.88.